The molecule has 0 spiro atoms. The van der Waals surface area contributed by atoms with Crippen LogP contribution in [0, 0.1) is 0 Å². The second-order valence-electron chi connectivity index (χ2n) is 8.00. The Labute approximate surface area is 163 Å². The third-order valence-corrected chi connectivity index (χ3v) is 6.58. The molecule has 0 radical (unpaired) electrons. The van der Waals surface area contributed by atoms with Gasteiger partial charge in [0.15, 0.2) is 5.58 Å². The van der Waals surface area contributed by atoms with E-state index in [9.17, 15) is 13.2 Å². The van der Waals surface area contributed by atoms with Crippen molar-refractivity contribution in [2.75, 3.05) is 18.0 Å². The molecule has 9 heteroatoms. The number of anilines is 1. The van der Waals surface area contributed by atoms with E-state index >= 15 is 0 Å². The first-order chi connectivity index (χ1) is 13.2. The molecular weight excluding hydrogens is 389 g/mol. The number of alkyl halides is 3. The maximum absolute atomic E-state index is 13.8. The molecule has 2 bridgehead atoms. The number of nitrogens with zero attached hydrogens (tertiary/aromatic N) is 3. The van der Waals surface area contributed by atoms with Crippen LogP contribution in [0.1, 0.15) is 25.8 Å². The molecule has 1 aromatic carbocycles. The monoisotopic (exact) mass is 408 g/mol. The summed E-state index contributed by atoms with van der Waals surface area (Å²) in [6.45, 7) is 3.85. The molecule has 148 valence electrons. The fraction of sp³-hybridized carbons (Fsp3) is 0.474. The van der Waals surface area contributed by atoms with Crippen LogP contribution in [0.4, 0.5) is 19.2 Å². The predicted molar refractivity (Wildman–Crippen MR) is 102 cm³/mol. The van der Waals surface area contributed by atoms with Crippen molar-refractivity contribution in [3.8, 4) is 10.6 Å². The van der Waals surface area contributed by atoms with Crippen LogP contribution in [0.2, 0.25) is 0 Å². The van der Waals surface area contributed by atoms with E-state index in [0.29, 0.717) is 34.3 Å². The average molecular weight is 408 g/mol. The topological polar surface area (TPSA) is 54.2 Å². The summed E-state index contributed by atoms with van der Waals surface area (Å²) in [7, 11) is 0. The van der Waals surface area contributed by atoms with Gasteiger partial charge in [0.1, 0.15) is 10.5 Å². The number of halogens is 3. The number of thiazole rings is 1. The fourth-order valence-corrected chi connectivity index (χ4v) is 4.64. The van der Waals surface area contributed by atoms with Gasteiger partial charge in [-0.05, 0) is 31.9 Å². The first-order valence-corrected chi connectivity index (χ1v) is 10.0. The number of fused-ring (bicyclic) bond motifs is 3. The van der Waals surface area contributed by atoms with E-state index in [4.69, 9.17) is 4.42 Å². The van der Waals surface area contributed by atoms with Crippen molar-refractivity contribution >= 4 is 28.5 Å². The minimum absolute atomic E-state index is 0.116. The van der Waals surface area contributed by atoms with Gasteiger partial charge in [0.25, 0.3) is 6.01 Å². The van der Waals surface area contributed by atoms with E-state index in [1.165, 1.54) is 31.3 Å². The minimum atomic E-state index is -4.40. The van der Waals surface area contributed by atoms with E-state index in [1.807, 2.05) is 10.3 Å². The number of hydrogen-bond acceptors (Lipinski definition) is 6. The number of rotatable bonds is 3. The molecule has 2 unspecified atom stereocenters. The number of benzene rings is 1. The van der Waals surface area contributed by atoms with Gasteiger partial charge in [-0.25, -0.2) is 4.98 Å². The Morgan fingerprint density at radius 3 is 2.54 bits per heavy atom. The maximum atomic E-state index is 13.8. The Balaban J connectivity index is 1.68. The summed E-state index contributed by atoms with van der Waals surface area (Å²) in [5, 5.41) is 5.96. The molecule has 1 N–H and O–H groups in total. The van der Waals surface area contributed by atoms with Gasteiger partial charge in [0.05, 0.1) is 11.0 Å². The van der Waals surface area contributed by atoms with Gasteiger partial charge in [0, 0.05) is 36.8 Å². The summed E-state index contributed by atoms with van der Waals surface area (Å²) in [4.78, 5) is 10.9. The minimum Gasteiger partial charge on any atom is -0.423 e. The number of hydrogen-bond donors (Lipinski definition) is 1. The first kappa shape index (κ1) is 17.9. The molecule has 0 amide bonds. The van der Waals surface area contributed by atoms with Crippen LogP contribution in [0.15, 0.2) is 28.1 Å². The molecule has 3 saturated heterocycles. The summed E-state index contributed by atoms with van der Waals surface area (Å²) in [5.41, 5.74) is -0.632. The number of piperazine rings is 1. The van der Waals surface area contributed by atoms with Crippen LogP contribution in [0.3, 0.4) is 0 Å². The second-order valence-corrected chi connectivity index (χ2v) is 8.89. The van der Waals surface area contributed by atoms with Gasteiger partial charge in [-0.2, -0.15) is 18.2 Å². The van der Waals surface area contributed by atoms with Crippen molar-refractivity contribution in [2.45, 2.75) is 43.9 Å². The third-order valence-electron chi connectivity index (χ3n) is 5.77. The Bertz CT molecular complexity index is 1010. The van der Waals surface area contributed by atoms with Gasteiger partial charge in [-0.1, -0.05) is 6.07 Å². The molecule has 0 saturated carbocycles. The van der Waals surface area contributed by atoms with E-state index in [-0.39, 0.29) is 11.1 Å². The average Bonchev–Trinajstić information content (AvgIpc) is 3.29. The van der Waals surface area contributed by atoms with Crippen LogP contribution in [-0.4, -0.2) is 41.3 Å². The summed E-state index contributed by atoms with van der Waals surface area (Å²) in [5.74, 6) is 0. The number of nitrogens with one attached hydrogen (secondary N) is 1. The van der Waals surface area contributed by atoms with Gasteiger partial charge < -0.3 is 14.6 Å². The normalized spacial score (nSPS) is 22.5. The van der Waals surface area contributed by atoms with Crippen molar-refractivity contribution in [3.63, 3.8) is 0 Å². The van der Waals surface area contributed by atoms with Gasteiger partial charge >= 0.3 is 6.18 Å². The van der Waals surface area contributed by atoms with E-state index < -0.39 is 11.6 Å². The molecule has 6 rings (SSSR count). The lowest BCUT2D eigenvalue weighted by Crippen LogP contribution is -2.67. The zero-order chi connectivity index (χ0) is 19.7. The lowest BCUT2D eigenvalue weighted by molar-refractivity contribution is -0.179. The highest BCUT2D eigenvalue weighted by Gasteiger charge is 2.50. The van der Waals surface area contributed by atoms with Crippen LogP contribution in [0.5, 0.6) is 0 Å². The van der Waals surface area contributed by atoms with Gasteiger partial charge in [-0.15, -0.1) is 11.3 Å². The van der Waals surface area contributed by atoms with E-state index in [2.05, 4.69) is 15.3 Å². The molecule has 2 aromatic heterocycles. The standard InChI is InChI=1S/C19H19F3N4OS/c1-18(2,19(20,21)22)13-4-3-12(16-23-5-6-28-16)15-14(13)25-17(27-15)26-8-10-7-11(9-26)24-10/h3-6,10-11,24H,7-9H2,1-2H3. The van der Waals surface area contributed by atoms with E-state index in [1.54, 1.807) is 12.3 Å². The number of aromatic nitrogens is 2. The maximum Gasteiger partial charge on any atom is 0.397 e. The molecule has 5 nitrogen and oxygen atoms in total. The number of piperidine rings is 1. The Morgan fingerprint density at radius 1 is 1.21 bits per heavy atom. The molecule has 0 aliphatic carbocycles. The van der Waals surface area contributed by atoms with Gasteiger partial charge in [0.2, 0.25) is 0 Å². The van der Waals surface area contributed by atoms with Crippen molar-refractivity contribution in [2.24, 2.45) is 0 Å². The lowest BCUT2D eigenvalue weighted by atomic mass is 9.82. The Morgan fingerprint density at radius 2 is 1.93 bits per heavy atom. The van der Waals surface area contributed by atoms with Crippen LogP contribution in [0.25, 0.3) is 21.7 Å². The SMILES string of the molecule is CC(C)(c1ccc(-c2nccs2)c2oc(N3CC4CC(C3)N4)nc12)C(F)(F)F. The molecule has 3 aliphatic rings. The number of oxazole rings is 1. The molecule has 28 heavy (non-hydrogen) atoms. The lowest BCUT2D eigenvalue weighted by Gasteiger charge is -2.47. The predicted octanol–water partition coefficient (Wildman–Crippen LogP) is 4.34. The van der Waals surface area contributed by atoms with Crippen LogP contribution >= 0.6 is 11.3 Å². The highest BCUT2D eigenvalue weighted by Crippen LogP contribution is 2.45. The van der Waals surface area contributed by atoms with Crippen molar-refractivity contribution < 1.29 is 17.6 Å². The van der Waals surface area contributed by atoms with Crippen molar-refractivity contribution in [1.82, 2.24) is 15.3 Å². The zero-order valence-corrected chi connectivity index (χ0v) is 16.2. The Kier molecular flexibility index (Phi) is 3.80. The first-order valence-electron chi connectivity index (χ1n) is 9.15. The Hall–Kier alpha value is -2.13. The summed E-state index contributed by atoms with van der Waals surface area (Å²) >= 11 is 1.42. The second kappa shape index (κ2) is 5.93. The quantitative estimate of drug-likeness (QED) is 0.699. The fourth-order valence-electron chi connectivity index (χ4n) is 3.98. The summed E-state index contributed by atoms with van der Waals surface area (Å²) in [6.07, 6.45) is -1.62. The highest BCUT2D eigenvalue weighted by atomic mass is 32.1. The zero-order valence-electron chi connectivity index (χ0n) is 15.4. The molecule has 3 aliphatic heterocycles. The largest absolute Gasteiger partial charge is 0.423 e. The molecular formula is C19H19F3N4OS. The molecule has 3 fully saturated rings. The molecule has 3 aromatic rings. The van der Waals surface area contributed by atoms with Gasteiger partial charge in [-0.3, -0.25) is 0 Å². The summed E-state index contributed by atoms with van der Waals surface area (Å²) in [6, 6.07) is 4.33. The van der Waals surface area contributed by atoms with Crippen LogP contribution < -0.4 is 10.2 Å². The van der Waals surface area contributed by atoms with E-state index in [0.717, 1.165) is 19.5 Å². The van der Waals surface area contributed by atoms with Crippen LogP contribution in [-0.2, 0) is 5.41 Å². The highest BCUT2D eigenvalue weighted by molar-refractivity contribution is 7.13. The molecule has 2 atom stereocenters. The van der Waals surface area contributed by atoms with Crippen molar-refractivity contribution in [1.29, 1.82) is 0 Å². The molecule has 5 heterocycles. The third kappa shape index (κ3) is 2.63. The van der Waals surface area contributed by atoms with Crippen molar-refractivity contribution in [3.05, 3.63) is 29.3 Å². The summed E-state index contributed by atoms with van der Waals surface area (Å²) < 4.78 is 47.3. The smallest absolute Gasteiger partial charge is 0.397 e.